The van der Waals surface area contributed by atoms with Crippen molar-refractivity contribution < 1.29 is 28.6 Å². The summed E-state index contributed by atoms with van der Waals surface area (Å²) in [5.41, 5.74) is 0. The Bertz CT molecular complexity index is 1280. The molecule has 0 N–H and O–H groups in total. The zero-order valence-corrected chi connectivity index (χ0v) is 40.8. The lowest BCUT2D eigenvalue weighted by molar-refractivity contribution is -0.167. The van der Waals surface area contributed by atoms with Crippen LogP contribution >= 0.6 is 0 Å². The molecule has 0 aromatic rings. The van der Waals surface area contributed by atoms with Crippen LogP contribution in [0.3, 0.4) is 0 Å². The highest BCUT2D eigenvalue weighted by Crippen LogP contribution is 2.14. The van der Waals surface area contributed by atoms with E-state index in [-0.39, 0.29) is 37.5 Å². The van der Waals surface area contributed by atoms with E-state index in [2.05, 4.69) is 118 Å². The van der Waals surface area contributed by atoms with Gasteiger partial charge in [-0.1, -0.05) is 214 Å². The van der Waals surface area contributed by atoms with Gasteiger partial charge >= 0.3 is 17.9 Å². The molecular weight excluding hydrogens is 781 g/mol. The van der Waals surface area contributed by atoms with Crippen molar-refractivity contribution in [3.63, 3.8) is 0 Å². The minimum atomic E-state index is -0.807. The Morgan fingerprint density at radius 2 is 0.635 bits per heavy atom. The number of hydrogen-bond acceptors (Lipinski definition) is 6. The van der Waals surface area contributed by atoms with E-state index in [9.17, 15) is 14.4 Å². The highest BCUT2D eigenvalue weighted by Gasteiger charge is 2.19. The molecule has 0 aliphatic heterocycles. The third-order valence-corrected chi connectivity index (χ3v) is 10.6. The number of carbonyl (C=O) groups excluding carboxylic acids is 3. The molecule has 0 aromatic heterocycles. The van der Waals surface area contributed by atoms with Gasteiger partial charge in [-0.2, -0.15) is 0 Å². The molecule has 0 saturated heterocycles. The van der Waals surface area contributed by atoms with Crippen molar-refractivity contribution in [1.82, 2.24) is 0 Å². The van der Waals surface area contributed by atoms with Crippen molar-refractivity contribution in [3.8, 4) is 0 Å². The molecule has 0 aromatic carbocycles. The average Bonchev–Trinajstić information content (AvgIpc) is 3.28. The fourth-order valence-corrected chi connectivity index (χ4v) is 6.79. The van der Waals surface area contributed by atoms with Gasteiger partial charge in [0.25, 0.3) is 0 Å². The monoisotopic (exact) mass is 875 g/mol. The minimum absolute atomic E-state index is 0.101. The second-order valence-corrected chi connectivity index (χ2v) is 16.7. The summed E-state index contributed by atoms with van der Waals surface area (Å²) in [7, 11) is 0. The SMILES string of the molecule is CC/C=C\C/C=C\C/C=C\C/C=C\C/C=C\CCCC(=O)OC(COC(=O)CCCCCCCCCCC)COC(=O)CCCCCCCCCCC/C=C\C/C=C\C/C=C\CC. The Balaban J connectivity index is 4.42. The number of ether oxygens (including phenoxy) is 3. The molecule has 6 heteroatoms. The molecule has 0 bridgehead atoms. The van der Waals surface area contributed by atoms with E-state index >= 15 is 0 Å². The van der Waals surface area contributed by atoms with E-state index in [0.717, 1.165) is 96.3 Å². The van der Waals surface area contributed by atoms with Crippen LogP contribution in [0.4, 0.5) is 0 Å². The van der Waals surface area contributed by atoms with Crippen LogP contribution in [-0.2, 0) is 28.6 Å². The number of hydrogen-bond donors (Lipinski definition) is 0. The molecule has 358 valence electrons. The molecule has 0 spiro atoms. The summed E-state index contributed by atoms with van der Waals surface area (Å²) in [6, 6.07) is 0. The van der Waals surface area contributed by atoms with Gasteiger partial charge in [0.1, 0.15) is 13.2 Å². The molecule has 0 amide bonds. The van der Waals surface area contributed by atoms with Crippen LogP contribution in [0.25, 0.3) is 0 Å². The molecule has 1 atom stereocenters. The van der Waals surface area contributed by atoms with Crippen LogP contribution in [0.1, 0.15) is 226 Å². The molecule has 0 heterocycles. The Labute approximate surface area is 387 Å². The number of rotatable bonds is 45. The third kappa shape index (κ3) is 49.2. The number of carbonyl (C=O) groups is 3. The van der Waals surface area contributed by atoms with Gasteiger partial charge in [0.05, 0.1) is 0 Å². The maximum Gasteiger partial charge on any atom is 0.306 e. The van der Waals surface area contributed by atoms with Gasteiger partial charge < -0.3 is 14.2 Å². The summed E-state index contributed by atoms with van der Waals surface area (Å²) in [4.78, 5) is 37.9. The summed E-state index contributed by atoms with van der Waals surface area (Å²) in [5, 5.41) is 0. The van der Waals surface area contributed by atoms with Crippen LogP contribution in [0.15, 0.2) is 97.2 Å². The van der Waals surface area contributed by atoms with Crippen molar-refractivity contribution >= 4 is 17.9 Å². The van der Waals surface area contributed by atoms with Crippen molar-refractivity contribution in [2.75, 3.05) is 13.2 Å². The lowest BCUT2D eigenvalue weighted by Gasteiger charge is -2.18. The van der Waals surface area contributed by atoms with E-state index in [1.54, 1.807) is 0 Å². The number of allylic oxidation sites excluding steroid dienone is 16. The van der Waals surface area contributed by atoms with Gasteiger partial charge in [0.15, 0.2) is 6.10 Å². The van der Waals surface area contributed by atoms with Crippen molar-refractivity contribution in [2.24, 2.45) is 0 Å². The highest BCUT2D eigenvalue weighted by atomic mass is 16.6. The second kappa shape index (κ2) is 51.0. The predicted octanol–water partition coefficient (Wildman–Crippen LogP) is 17.0. The molecule has 0 radical (unpaired) electrons. The van der Waals surface area contributed by atoms with E-state index < -0.39 is 6.10 Å². The summed E-state index contributed by atoms with van der Waals surface area (Å²) in [5.74, 6) is -0.972. The highest BCUT2D eigenvalue weighted by molar-refractivity contribution is 5.71. The Kier molecular flexibility index (Phi) is 48.0. The maximum absolute atomic E-state index is 12.8. The summed E-state index contributed by atoms with van der Waals surface area (Å²) >= 11 is 0. The number of esters is 3. The maximum atomic E-state index is 12.8. The van der Waals surface area contributed by atoms with Gasteiger partial charge in [-0.15, -0.1) is 0 Å². The zero-order chi connectivity index (χ0) is 45.8. The molecular formula is C57H94O6. The topological polar surface area (TPSA) is 78.9 Å². The first kappa shape index (κ1) is 59.3. The second-order valence-electron chi connectivity index (χ2n) is 16.7. The average molecular weight is 875 g/mol. The van der Waals surface area contributed by atoms with Crippen LogP contribution < -0.4 is 0 Å². The van der Waals surface area contributed by atoms with Gasteiger partial charge in [-0.05, 0) is 89.9 Å². The van der Waals surface area contributed by atoms with Gasteiger partial charge in [-0.3, -0.25) is 14.4 Å². The van der Waals surface area contributed by atoms with E-state index in [1.807, 2.05) is 0 Å². The fraction of sp³-hybridized carbons (Fsp3) is 0.667. The molecule has 0 aliphatic rings. The molecule has 6 nitrogen and oxygen atoms in total. The Morgan fingerprint density at radius 1 is 0.333 bits per heavy atom. The van der Waals surface area contributed by atoms with Crippen LogP contribution in [0.5, 0.6) is 0 Å². The summed E-state index contributed by atoms with van der Waals surface area (Å²) in [6.07, 6.45) is 66.9. The van der Waals surface area contributed by atoms with Crippen molar-refractivity contribution in [2.45, 2.75) is 232 Å². The first-order valence-electron chi connectivity index (χ1n) is 25.7. The lowest BCUT2D eigenvalue weighted by Crippen LogP contribution is -2.30. The Hall–Kier alpha value is -3.67. The molecule has 1 unspecified atom stereocenters. The van der Waals surface area contributed by atoms with Gasteiger partial charge in [0, 0.05) is 19.3 Å². The lowest BCUT2D eigenvalue weighted by atomic mass is 10.1. The normalized spacial score (nSPS) is 12.9. The smallest absolute Gasteiger partial charge is 0.306 e. The van der Waals surface area contributed by atoms with Crippen LogP contribution in [0, 0.1) is 0 Å². The van der Waals surface area contributed by atoms with Crippen molar-refractivity contribution in [3.05, 3.63) is 97.2 Å². The summed E-state index contributed by atoms with van der Waals surface area (Å²) < 4.78 is 16.7. The van der Waals surface area contributed by atoms with E-state index in [1.165, 1.54) is 83.5 Å². The van der Waals surface area contributed by atoms with Gasteiger partial charge in [0.2, 0.25) is 0 Å². The Morgan fingerprint density at radius 3 is 1.02 bits per heavy atom. The summed E-state index contributed by atoms with van der Waals surface area (Å²) in [6.45, 7) is 6.33. The molecule has 0 saturated carbocycles. The third-order valence-electron chi connectivity index (χ3n) is 10.6. The van der Waals surface area contributed by atoms with E-state index in [4.69, 9.17) is 14.2 Å². The molecule has 0 fully saturated rings. The fourth-order valence-electron chi connectivity index (χ4n) is 6.79. The standard InChI is InChI=1S/C57H94O6/c1-4-7-10-13-16-19-21-23-25-27-28-30-31-33-35-38-41-44-47-50-56(59)62-53-54(52-61-55(58)49-46-43-40-37-18-15-12-9-6-3)63-57(60)51-48-45-42-39-36-34-32-29-26-24-22-20-17-14-11-8-5-2/h7-8,10-11,16-17,19-20,23-26,32,34,39,42,54H,4-6,9,12-15,18,21-22,27-31,33,35-38,40-41,43-53H2,1-3H3/b10-7-,11-8-,19-16-,20-17-,25-23-,26-24-,34-32-,42-39-. The quantitative estimate of drug-likeness (QED) is 0.0262. The first-order chi connectivity index (χ1) is 31.0. The molecule has 0 rings (SSSR count). The van der Waals surface area contributed by atoms with Gasteiger partial charge in [-0.25, -0.2) is 0 Å². The van der Waals surface area contributed by atoms with E-state index in [0.29, 0.717) is 19.3 Å². The van der Waals surface area contributed by atoms with Crippen molar-refractivity contribution in [1.29, 1.82) is 0 Å². The van der Waals surface area contributed by atoms with Crippen LogP contribution in [-0.4, -0.2) is 37.2 Å². The minimum Gasteiger partial charge on any atom is -0.462 e. The molecule has 63 heavy (non-hydrogen) atoms. The number of unbranched alkanes of at least 4 members (excludes halogenated alkanes) is 18. The zero-order valence-electron chi connectivity index (χ0n) is 40.8. The largest absolute Gasteiger partial charge is 0.462 e. The molecule has 0 aliphatic carbocycles. The van der Waals surface area contributed by atoms with Crippen LogP contribution in [0.2, 0.25) is 0 Å². The predicted molar refractivity (Wildman–Crippen MR) is 270 cm³/mol. The first-order valence-corrected chi connectivity index (χ1v) is 25.7.